The first kappa shape index (κ1) is 15.2. The van der Waals surface area contributed by atoms with Crippen molar-refractivity contribution in [2.45, 2.75) is 40.0 Å². The third-order valence-corrected chi connectivity index (χ3v) is 5.45. The van der Waals surface area contributed by atoms with E-state index >= 15 is 0 Å². The molecule has 3 N–H and O–H groups in total. The van der Waals surface area contributed by atoms with Crippen molar-refractivity contribution in [1.29, 1.82) is 0 Å². The van der Waals surface area contributed by atoms with Crippen LogP contribution in [0.4, 0.5) is 5.82 Å². The molecule has 1 atom stereocenters. The lowest BCUT2D eigenvalue weighted by molar-refractivity contribution is -0.373. The van der Waals surface area contributed by atoms with Crippen molar-refractivity contribution >= 4 is 27.6 Å². The highest BCUT2D eigenvalue weighted by Crippen LogP contribution is 2.40. The number of H-pyrrole nitrogens is 1. The lowest BCUT2D eigenvalue weighted by Crippen LogP contribution is -2.32. The summed E-state index contributed by atoms with van der Waals surface area (Å²) in [5, 5.41) is 2.43. The second kappa shape index (κ2) is 5.07. The third kappa shape index (κ3) is 2.20. The molecule has 1 aliphatic carbocycles. The second-order valence-corrected chi connectivity index (χ2v) is 7.94. The van der Waals surface area contributed by atoms with E-state index in [2.05, 4.69) is 25.8 Å². The van der Waals surface area contributed by atoms with Crippen LogP contribution in [0, 0.1) is 11.3 Å². The summed E-state index contributed by atoms with van der Waals surface area (Å²) < 4.78 is 5.49. The Labute approximate surface area is 140 Å². The van der Waals surface area contributed by atoms with Gasteiger partial charge in [-0.25, -0.2) is 9.78 Å². The van der Waals surface area contributed by atoms with Gasteiger partial charge >= 0.3 is 5.63 Å². The van der Waals surface area contributed by atoms with Crippen LogP contribution in [-0.2, 0) is 12.8 Å². The molecule has 4 nitrogen and oxygen atoms in total. The topological polar surface area (TPSA) is 70.4 Å². The lowest BCUT2D eigenvalue weighted by atomic mass is 9.71. The molecule has 2 heterocycles. The van der Waals surface area contributed by atoms with Crippen LogP contribution in [0.1, 0.15) is 38.4 Å². The van der Waals surface area contributed by atoms with Crippen LogP contribution in [0.2, 0.25) is 0 Å². The summed E-state index contributed by atoms with van der Waals surface area (Å²) in [7, 11) is 0. The molecule has 2 aromatic heterocycles. The molecule has 24 heavy (non-hydrogen) atoms. The molecule has 0 radical (unpaired) electrons. The van der Waals surface area contributed by atoms with Gasteiger partial charge in [0.25, 0.3) is 5.82 Å². The normalized spacial score (nSPS) is 18.0. The molecule has 1 aromatic carbocycles. The first-order chi connectivity index (χ1) is 11.4. The molecule has 124 valence electrons. The zero-order valence-electron chi connectivity index (χ0n) is 14.4. The first-order valence-electron chi connectivity index (χ1n) is 8.54. The van der Waals surface area contributed by atoms with Crippen molar-refractivity contribution in [2.75, 3.05) is 5.73 Å². The largest absolute Gasteiger partial charge is 0.422 e. The minimum atomic E-state index is -0.363. The number of hydrogen-bond acceptors (Lipinski definition) is 3. The predicted octanol–water partition coefficient (Wildman–Crippen LogP) is 3.49. The average molecular weight is 323 g/mol. The lowest BCUT2D eigenvalue weighted by Gasteiger charge is -2.34. The summed E-state index contributed by atoms with van der Waals surface area (Å²) in [5.41, 5.74) is 9.07. The van der Waals surface area contributed by atoms with Gasteiger partial charge in [0.1, 0.15) is 11.3 Å². The number of aromatic nitrogens is 1. The maximum Gasteiger partial charge on any atom is 0.352 e. The fraction of sp³-hybridized carbons (Fsp3) is 0.400. The highest BCUT2D eigenvalue weighted by molar-refractivity contribution is 6.08. The van der Waals surface area contributed by atoms with Gasteiger partial charge in [0.2, 0.25) is 0 Å². The van der Waals surface area contributed by atoms with Crippen LogP contribution >= 0.6 is 0 Å². The van der Waals surface area contributed by atoms with Gasteiger partial charge in [-0.1, -0.05) is 39.0 Å². The Morgan fingerprint density at radius 2 is 1.96 bits per heavy atom. The number of aryl methyl sites for hydroxylation is 1. The number of pyridine rings is 1. The highest BCUT2D eigenvalue weighted by Gasteiger charge is 2.33. The molecule has 4 heteroatoms. The van der Waals surface area contributed by atoms with E-state index in [-0.39, 0.29) is 11.0 Å². The van der Waals surface area contributed by atoms with E-state index < -0.39 is 0 Å². The van der Waals surface area contributed by atoms with E-state index in [9.17, 15) is 4.79 Å². The number of para-hydroxylation sites is 1. The van der Waals surface area contributed by atoms with Crippen molar-refractivity contribution < 1.29 is 9.40 Å². The van der Waals surface area contributed by atoms with E-state index in [0.29, 0.717) is 22.7 Å². The van der Waals surface area contributed by atoms with Crippen LogP contribution in [0.15, 0.2) is 33.5 Å². The van der Waals surface area contributed by atoms with Gasteiger partial charge in [-0.05, 0) is 30.2 Å². The van der Waals surface area contributed by atoms with Crippen molar-refractivity contribution in [1.82, 2.24) is 0 Å². The van der Waals surface area contributed by atoms with Crippen LogP contribution in [-0.4, -0.2) is 0 Å². The Hall–Kier alpha value is -2.36. The van der Waals surface area contributed by atoms with Gasteiger partial charge in [-0.15, -0.1) is 0 Å². The molecule has 4 rings (SSSR count). The predicted molar refractivity (Wildman–Crippen MR) is 95.9 cm³/mol. The van der Waals surface area contributed by atoms with E-state index in [4.69, 9.17) is 10.2 Å². The van der Waals surface area contributed by atoms with Gasteiger partial charge in [0.05, 0.1) is 0 Å². The Morgan fingerprint density at radius 1 is 1.21 bits per heavy atom. The molecule has 0 saturated heterocycles. The number of anilines is 1. The summed E-state index contributed by atoms with van der Waals surface area (Å²) in [6.45, 7) is 6.87. The van der Waals surface area contributed by atoms with E-state index in [1.165, 1.54) is 5.56 Å². The first-order valence-corrected chi connectivity index (χ1v) is 8.54. The van der Waals surface area contributed by atoms with E-state index in [1.807, 2.05) is 24.3 Å². The van der Waals surface area contributed by atoms with Gasteiger partial charge < -0.3 is 4.42 Å². The number of nitrogen functional groups attached to an aromatic ring is 1. The maximum atomic E-state index is 12.5. The van der Waals surface area contributed by atoms with Crippen LogP contribution in [0.3, 0.4) is 0 Å². The summed E-state index contributed by atoms with van der Waals surface area (Å²) >= 11 is 0. The minimum absolute atomic E-state index is 0.237. The zero-order chi connectivity index (χ0) is 17.1. The Morgan fingerprint density at radius 3 is 2.71 bits per heavy atom. The molecular formula is C20H23N2O2+. The van der Waals surface area contributed by atoms with Crippen molar-refractivity contribution in [3.05, 3.63) is 45.9 Å². The van der Waals surface area contributed by atoms with Crippen LogP contribution in [0.5, 0.6) is 0 Å². The summed E-state index contributed by atoms with van der Waals surface area (Å²) in [4.78, 5) is 15.8. The SMILES string of the molecule is CC(C)(C)[C@H]1CCc2[nH+]c(N)c3c(=O)oc4ccccc4c3c2C1. The Balaban J connectivity index is 2.11. The molecule has 0 unspecified atom stereocenters. The Kier molecular flexibility index (Phi) is 3.21. The van der Waals surface area contributed by atoms with E-state index in [0.717, 1.165) is 35.7 Å². The molecular weight excluding hydrogens is 300 g/mol. The molecule has 0 amide bonds. The van der Waals surface area contributed by atoms with Gasteiger partial charge in [0.15, 0.2) is 5.39 Å². The Bertz CT molecular complexity index is 1010. The number of benzene rings is 1. The number of nitrogens with one attached hydrogen (secondary N) is 1. The molecule has 3 aromatic rings. The highest BCUT2D eigenvalue weighted by atomic mass is 16.4. The molecule has 0 aliphatic heterocycles. The minimum Gasteiger partial charge on any atom is -0.422 e. The third-order valence-electron chi connectivity index (χ3n) is 5.45. The van der Waals surface area contributed by atoms with Crippen LogP contribution < -0.4 is 16.3 Å². The van der Waals surface area contributed by atoms with Gasteiger partial charge in [-0.3, -0.25) is 5.73 Å². The summed E-state index contributed by atoms with van der Waals surface area (Å²) in [6, 6.07) is 7.73. The molecule has 0 bridgehead atoms. The number of aromatic amines is 1. The average Bonchev–Trinajstić information content (AvgIpc) is 2.53. The zero-order valence-corrected chi connectivity index (χ0v) is 14.4. The fourth-order valence-corrected chi connectivity index (χ4v) is 4.00. The van der Waals surface area contributed by atoms with Crippen molar-refractivity contribution in [3.63, 3.8) is 0 Å². The quantitative estimate of drug-likeness (QED) is 0.508. The van der Waals surface area contributed by atoms with Gasteiger partial charge in [-0.2, -0.15) is 0 Å². The molecule has 0 saturated carbocycles. The van der Waals surface area contributed by atoms with Crippen LogP contribution in [0.25, 0.3) is 21.7 Å². The number of rotatable bonds is 0. The molecule has 1 aliphatic rings. The smallest absolute Gasteiger partial charge is 0.352 e. The van der Waals surface area contributed by atoms with Crippen molar-refractivity contribution in [3.8, 4) is 0 Å². The van der Waals surface area contributed by atoms with Gasteiger partial charge in [0, 0.05) is 22.8 Å². The number of nitrogens with two attached hydrogens (primary N) is 1. The fourth-order valence-electron chi connectivity index (χ4n) is 4.00. The van der Waals surface area contributed by atoms with E-state index in [1.54, 1.807) is 0 Å². The van der Waals surface area contributed by atoms with Crippen molar-refractivity contribution in [2.24, 2.45) is 11.3 Å². The number of fused-ring (bicyclic) bond motifs is 5. The second-order valence-electron chi connectivity index (χ2n) is 7.94. The molecule has 0 fully saturated rings. The molecule has 0 spiro atoms. The standard InChI is InChI=1S/C20H22N2O2/c1-20(2,3)11-8-9-14-13(10-11)16-12-6-4-5-7-15(12)24-19(23)17(16)18(21)22-14/h4-7,11H,8-10H2,1-3H3,(H2,21,22)/p+1/t11-/m0/s1. The summed E-state index contributed by atoms with van der Waals surface area (Å²) in [5.74, 6) is 0.994. The number of hydrogen-bond donors (Lipinski definition) is 1. The maximum absolute atomic E-state index is 12.5. The summed E-state index contributed by atoms with van der Waals surface area (Å²) in [6.07, 6.45) is 3.06. The monoisotopic (exact) mass is 323 g/mol.